The lowest BCUT2D eigenvalue weighted by molar-refractivity contribution is 0.0778. The summed E-state index contributed by atoms with van der Waals surface area (Å²) in [6, 6.07) is 4.78. The summed E-state index contributed by atoms with van der Waals surface area (Å²) in [7, 11) is 3.98. The van der Waals surface area contributed by atoms with E-state index in [9.17, 15) is 9.18 Å². The summed E-state index contributed by atoms with van der Waals surface area (Å²) in [6.45, 7) is 1.53. The van der Waals surface area contributed by atoms with Crippen molar-refractivity contribution in [2.75, 3.05) is 33.7 Å². The van der Waals surface area contributed by atoms with E-state index in [1.165, 1.54) is 12.1 Å². The number of nitrogens with two attached hydrogens (primary N) is 1. The van der Waals surface area contributed by atoms with Crippen molar-refractivity contribution in [1.29, 1.82) is 0 Å². The molecule has 1 fully saturated rings. The fourth-order valence-corrected chi connectivity index (χ4v) is 2.44. The molecule has 5 heteroatoms. The minimum atomic E-state index is -0.530. The Balaban J connectivity index is 2.13. The average Bonchev–Trinajstić information content (AvgIpc) is 2.94. The SMILES string of the molecule is CN(C)C1CCN(C(=O)c2ccc(C#CCN)cc2F)C1. The maximum atomic E-state index is 14.1. The second kappa shape index (κ2) is 6.70. The molecule has 21 heavy (non-hydrogen) atoms. The molecule has 0 aromatic heterocycles. The molecule has 1 saturated heterocycles. The van der Waals surface area contributed by atoms with Crippen molar-refractivity contribution in [2.24, 2.45) is 5.73 Å². The molecule has 1 aliphatic heterocycles. The monoisotopic (exact) mass is 289 g/mol. The Labute approximate surface area is 124 Å². The third-order valence-corrected chi connectivity index (χ3v) is 3.72. The van der Waals surface area contributed by atoms with Crippen molar-refractivity contribution in [3.8, 4) is 11.8 Å². The summed E-state index contributed by atoms with van der Waals surface area (Å²) in [5, 5.41) is 0. The number of benzene rings is 1. The zero-order chi connectivity index (χ0) is 15.4. The number of likely N-dealkylation sites (N-methyl/N-ethyl adjacent to an activating group) is 1. The molecule has 1 aromatic rings. The van der Waals surface area contributed by atoms with E-state index in [1.807, 2.05) is 14.1 Å². The van der Waals surface area contributed by atoms with Gasteiger partial charge in [-0.05, 0) is 38.7 Å². The number of carbonyl (C=O) groups is 1. The van der Waals surface area contributed by atoms with E-state index in [1.54, 1.807) is 11.0 Å². The van der Waals surface area contributed by atoms with Gasteiger partial charge in [-0.2, -0.15) is 0 Å². The van der Waals surface area contributed by atoms with Crippen LogP contribution < -0.4 is 5.73 Å². The highest BCUT2D eigenvalue weighted by Gasteiger charge is 2.29. The first-order chi connectivity index (χ1) is 10.0. The predicted molar refractivity (Wildman–Crippen MR) is 80.3 cm³/mol. The van der Waals surface area contributed by atoms with Gasteiger partial charge in [-0.25, -0.2) is 4.39 Å². The molecular formula is C16H20FN3O. The summed E-state index contributed by atoms with van der Waals surface area (Å²) in [5.41, 5.74) is 5.91. The molecule has 0 saturated carbocycles. The Kier molecular flexibility index (Phi) is 4.94. The van der Waals surface area contributed by atoms with Crippen LogP contribution in [-0.2, 0) is 0 Å². The van der Waals surface area contributed by atoms with Gasteiger partial charge in [-0.1, -0.05) is 11.8 Å². The van der Waals surface area contributed by atoms with E-state index in [-0.39, 0.29) is 18.0 Å². The molecule has 4 nitrogen and oxygen atoms in total. The number of amides is 1. The Morgan fingerprint density at radius 2 is 2.29 bits per heavy atom. The number of hydrogen-bond acceptors (Lipinski definition) is 3. The second-order valence-electron chi connectivity index (χ2n) is 5.36. The van der Waals surface area contributed by atoms with E-state index in [0.717, 1.165) is 6.42 Å². The summed E-state index contributed by atoms with van der Waals surface area (Å²) >= 11 is 0. The highest BCUT2D eigenvalue weighted by Crippen LogP contribution is 2.18. The normalized spacial score (nSPS) is 17.8. The van der Waals surface area contributed by atoms with E-state index in [2.05, 4.69) is 16.7 Å². The zero-order valence-corrected chi connectivity index (χ0v) is 12.4. The van der Waals surface area contributed by atoms with Gasteiger partial charge in [0.2, 0.25) is 0 Å². The van der Waals surface area contributed by atoms with Gasteiger partial charge in [-0.3, -0.25) is 4.79 Å². The molecule has 2 N–H and O–H groups in total. The lowest BCUT2D eigenvalue weighted by Gasteiger charge is -2.20. The van der Waals surface area contributed by atoms with Crippen LogP contribution in [0.25, 0.3) is 0 Å². The lowest BCUT2D eigenvalue weighted by Crippen LogP contribution is -2.34. The Morgan fingerprint density at radius 1 is 1.52 bits per heavy atom. The van der Waals surface area contributed by atoms with Crippen LogP contribution in [0, 0.1) is 17.7 Å². The summed E-state index contributed by atoms with van der Waals surface area (Å²) in [6.07, 6.45) is 0.917. The van der Waals surface area contributed by atoms with Crippen molar-refractivity contribution >= 4 is 5.91 Å². The third-order valence-electron chi connectivity index (χ3n) is 3.72. The van der Waals surface area contributed by atoms with E-state index < -0.39 is 5.82 Å². The lowest BCUT2D eigenvalue weighted by atomic mass is 10.1. The first-order valence-corrected chi connectivity index (χ1v) is 6.97. The van der Waals surface area contributed by atoms with Gasteiger partial charge in [0.15, 0.2) is 0 Å². The van der Waals surface area contributed by atoms with Gasteiger partial charge in [0, 0.05) is 24.7 Å². The second-order valence-corrected chi connectivity index (χ2v) is 5.36. The Morgan fingerprint density at radius 3 is 2.86 bits per heavy atom. The molecule has 1 unspecified atom stereocenters. The first-order valence-electron chi connectivity index (χ1n) is 6.97. The molecular weight excluding hydrogens is 269 g/mol. The molecule has 1 heterocycles. The fourth-order valence-electron chi connectivity index (χ4n) is 2.44. The molecule has 2 rings (SSSR count). The number of hydrogen-bond donors (Lipinski definition) is 1. The molecule has 1 aromatic carbocycles. The van der Waals surface area contributed by atoms with Crippen LogP contribution in [0.4, 0.5) is 4.39 Å². The number of likely N-dealkylation sites (tertiary alicyclic amines) is 1. The average molecular weight is 289 g/mol. The number of rotatable bonds is 2. The van der Waals surface area contributed by atoms with Crippen molar-refractivity contribution in [3.63, 3.8) is 0 Å². The van der Waals surface area contributed by atoms with Crippen molar-refractivity contribution in [3.05, 3.63) is 35.1 Å². The minimum absolute atomic E-state index is 0.104. The van der Waals surface area contributed by atoms with E-state index in [4.69, 9.17) is 5.73 Å². The quantitative estimate of drug-likeness (QED) is 0.824. The van der Waals surface area contributed by atoms with Gasteiger partial charge in [0.05, 0.1) is 12.1 Å². The fraction of sp³-hybridized carbons (Fsp3) is 0.438. The van der Waals surface area contributed by atoms with E-state index >= 15 is 0 Å². The number of nitrogens with zero attached hydrogens (tertiary/aromatic N) is 2. The molecule has 0 radical (unpaired) electrons. The van der Waals surface area contributed by atoms with Crippen LogP contribution >= 0.6 is 0 Å². The van der Waals surface area contributed by atoms with Gasteiger partial charge in [-0.15, -0.1) is 0 Å². The maximum Gasteiger partial charge on any atom is 0.256 e. The predicted octanol–water partition coefficient (Wildman–Crippen LogP) is 0.912. The third kappa shape index (κ3) is 3.60. The van der Waals surface area contributed by atoms with Crippen molar-refractivity contribution in [1.82, 2.24) is 9.80 Å². The van der Waals surface area contributed by atoms with Gasteiger partial charge >= 0.3 is 0 Å². The highest BCUT2D eigenvalue weighted by molar-refractivity contribution is 5.94. The molecule has 1 atom stereocenters. The Hall–Kier alpha value is -1.90. The molecule has 1 aliphatic rings. The first kappa shape index (κ1) is 15.5. The zero-order valence-electron chi connectivity index (χ0n) is 12.4. The van der Waals surface area contributed by atoms with Crippen molar-refractivity contribution < 1.29 is 9.18 Å². The molecule has 1 amide bonds. The van der Waals surface area contributed by atoms with Crippen LogP contribution in [0.15, 0.2) is 18.2 Å². The van der Waals surface area contributed by atoms with Gasteiger partial charge < -0.3 is 15.5 Å². The summed E-state index contributed by atoms with van der Waals surface area (Å²) < 4.78 is 14.1. The van der Waals surface area contributed by atoms with Gasteiger partial charge in [0.25, 0.3) is 5.91 Å². The standard InChI is InChI=1S/C16H20FN3O/c1-19(2)13-7-9-20(11-13)16(21)14-6-5-12(4-3-8-18)10-15(14)17/h5-6,10,13H,7-9,11,18H2,1-2H3. The van der Waals surface area contributed by atoms with Crippen LogP contribution in [-0.4, -0.2) is 55.5 Å². The van der Waals surface area contributed by atoms with Crippen LogP contribution in [0.5, 0.6) is 0 Å². The topological polar surface area (TPSA) is 49.6 Å². The summed E-state index contributed by atoms with van der Waals surface area (Å²) in [5.74, 6) is 4.64. The highest BCUT2D eigenvalue weighted by atomic mass is 19.1. The molecule has 112 valence electrons. The smallest absolute Gasteiger partial charge is 0.256 e. The van der Waals surface area contributed by atoms with Crippen LogP contribution in [0.2, 0.25) is 0 Å². The van der Waals surface area contributed by atoms with Gasteiger partial charge in [0.1, 0.15) is 5.82 Å². The molecule has 0 bridgehead atoms. The summed E-state index contributed by atoms with van der Waals surface area (Å²) in [4.78, 5) is 16.2. The van der Waals surface area contributed by atoms with Crippen molar-refractivity contribution in [2.45, 2.75) is 12.5 Å². The van der Waals surface area contributed by atoms with Crippen LogP contribution in [0.3, 0.4) is 0 Å². The maximum absolute atomic E-state index is 14.1. The Bertz CT molecular complexity index is 589. The van der Waals surface area contributed by atoms with Crippen LogP contribution in [0.1, 0.15) is 22.3 Å². The number of carbonyl (C=O) groups excluding carboxylic acids is 1. The molecule has 0 spiro atoms. The minimum Gasteiger partial charge on any atom is -0.337 e. The largest absolute Gasteiger partial charge is 0.337 e. The number of halogens is 1. The molecule has 0 aliphatic carbocycles. The van der Waals surface area contributed by atoms with E-state index in [0.29, 0.717) is 24.7 Å².